The number of hydrogen-bond acceptors (Lipinski definition) is 0. The third-order valence-corrected chi connectivity index (χ3v) is 4.82. The Labute approximate surface area is 151 Å². The molecule has 0 unspecified atom stereocenters. The van der Waals surface area contributed by atoms with Crippen molar-refractivity contribution in [2.75, 3.05) is 0 Å². The summed E-state index contributed by atoms with van der Waals surface area (Å²) in [7, 11) is 2.12. The third kappa shape index (κ3) is 3.51. The summed E-state index contributed by atoms with van der Waals surface area (Å²) in [6, 6.07) is 26.4. The first kappa shape index (κ1) is 15.7. The van der Waals surface area contributed by atoms with Gasteiger partial charge in [-0.1, -0.05) is 96.5 Å². The molecule has 3 aromatic carbocycles. The molecule has 4 rings (SSSR count). The van der Waals surface area contributed by atoms with E-state index in [2.05, 4.69) is 98.9 Å². The third-order valence-electron chi connectivity index (χ3n) is 4.82. The molecule has 1 aliphatic carbocycles. The van der Waals surface area contributed by atoms with Gasteiger partial charge in [0.2, 0.25) is 0 Å². The lowest BCUT2D eigenvalue weighted by atomic mass is 9.93. The van der Waals surface area contributed by atoms with Crippen LogP contribution >= 0.6 is 0 Å². The summed E-state index contributed by atoms with van der Waals surface area (Å²) in [6.07, 6.45) is 9.12. The van der Waals surface area contributed by atoms with E-state index in [1.54, 1.807) is 0 Å². The molecule has 3 aromatic rings. The molecule has 0 nitrogen and oxygen atoms in total. The maximum absolute atomic E-state index is 2.32. The van der Waals surface area contributed by atoms with Gasteiger partial charge in [-0.3, -0.25) is 0 Å². The van der Waals surface area contributed by atoms with Crippen LogP contribution in [0.25, 0.3) is 27.8 Å². The van der Waals surface area contributed by atoms with Crippen LogP contribution < -0.4 is 5.46 Å². The summed E-state index contributed by atoms with van der Waals surface area (Å²) in [5.41, 5.74) is 8.99. The highest BCUT2D eigenvalue weighted by Gasteiger charge is 2.04. The first-order chi connectivity index (χ1) is 12.3. The average Bonchev–Trinajstić information content (AvgIpc) is 2.70. The van der Waals surface area contributed by atoms with Gasteiger partial charge < -0.3 is 0 Å². The SMILES string of the molecule is Bc1ccc(-c2ccc(-c3ccc(C4=CCCC=C4)cc3)cc2)cc1. The van der Waals surface area contributed by atoms with Crippen LogP contribution in [0, 0.1) is 0 Å². The second kappa shape index (κ2) is 6.98. The van der Waals surface area contributed by atoms with Gasteiger partial charge in [-0.15, -0.1) is 0 Å². The maximum Gasteiger partial charge on any atom is 0.139 e. The molecule has 0 aromatic heterocycles. The number of hydrogen-bond donors (Lipinski definition) is 0. The van der Waals surface area contributed by atoms with E-state index in [9.17, 15) is 0 Å². The van der Waals surface area contributed by atoms with E-state index in [0.717, 1.165) is 12.8 Å². The van der Waals surface area contributed by atoms with Gasteiger partial charge >= 0.3 is 0 Å². The average molecular weight is 320 g/mol. The normalized spacial score (nSPS) is 13.5. The Balaban J connectivity index is 1.56. The summed E-state index contributed by atoms with van der Waals surface area (Å²) < 4.78 is 0. The summed E-state index contributed by atoms with van der Waals surface area (Å²) >= 11 is 0. The number of benzene rings is 3. The van der Waals surface area contributed by atoms with Crippen molar-refractivity contribution in [2.45, 2.75) is 12.8 Å². The predicted molar refractivity (Wildman–Crippen MR) is 112 cm³/mol. The maximum atomic E-state index is 2.32. The molecule has 0 bridgehead atoms. The van der Waals surface area contributed by atoms with Gasteiger partial charge in [0.05, 0.1) is 0 Å². The topological polar surface area (TPSA) is 0 Å². The first-order valence-corrected chi connectivity index (χ1v) is 8.94. The highest BCUT2D eigenvalue weighted by atomic mass is 14.1. The van der Waals surface area contributed by atoms with Crippen LogP contribution in [0.2, 0.25) is 0 Å². The molecule has 1 heteroatoms. The van der Waals surface area contributed by atoms with Crippen LogP contribution in [0.1, 0.15) is 18.4 Å². The van der Waals surface area contributed by atoms with Gasteiger partial charge in [-0.05, 0) is 46.2 Å². The fourth-order valence-corrected chi connectivity index (χ4v) is 3.28. The molecule has 0 N–H and O–H groups in total. The summed E-state index contributed by atoms with van der Waals surface area (Å²) in [4.78, 5) is 0. The Morgan fingerprint density at radius 2 is 0.960 bits per heavy atom. The van der Waals surface area contributed by atoms with E-state index in [4.69, 9.17) is 0 Å². The molecule has 0 aliphatic heterocycles. The summed E-state index contributed by atoms with van der Waals surface area (Å²) in [5.74, 6) is 0. The van der Waals surface area contributed by atoms with Crippen LogP contribution in [-0.4, -0.2) is 7.85 Å². The molecule has 0 saturated heterocycles. The molecule has 25 heavy (non-hydrogen) atoms. The minimum atomic E-state index is 1.15. The van der Waals surface area contributed by atoms with E-state index >= 15 is 0 Å². The minimum Gasteiger partial charge on any atom is -0.0889 e. The van der Waals surface area contributed by atoms with Gasteiger partial charge in [0.25, 0.3) is 0 Å². The Morgan fingerprint density at radius 1 is 0.520 bits per heavy atom. The van der Waals surface area contributed by atoms with Crippen molar-refractivity contribution in [2.24, 2.45) is 0 Å². The molecule has 0 spiro atoms. The second-order valence-electron chi connectivity index (χ2n) is 6.66. The molecule has 0 amide bonds. The fraction of sp³-hybridized carbons (Fsp3) is 0.0833. The molecule has 120 valence electrons. The highest BCUT2D eigenvalue weighted by molar-refractivity contribution is 6.32. The van der Waals surface area contributed by atoms with E-state index in [-0.39, 0.29) is 0 Å². The van der Waals surface area contributed by atoms with E-state index in [1.165, 1.54) is 38.9 Å². The number of allylic oxidation sites excluding steroid dienone is 4. The molecule has 0 fully saturated rings. The van der Waals surface area contributed by atoms with Crippen molar-refractivity contribution in [3.8, 4) is 22.3 Å². The zero-order valence-corrected chi connectivity index (χ0v) is 14.6. The lowest BCUT2D eigenvalue weighted by Crippen LogP contribution is -1.99. The lowest BCUT2D eigenvalue weighted by molar-refractivity contribution is 1.04. The Hall–Kier alpha value is -2.80. The van der Waals surface area contributed by atoms with Crippen molar-refractivity contribution in [1.82, 2.24) is 0 Å². The summed E-state index contributed by atoms with van der Waals surface area (Å²) in [5, 5.41) is 0. The van der Waals surface area contributed by atoms with Gasteiger partial charge in [-0.25, -0.2) is 0 Å². The van der Waals surface area contributed by atoms with E-state index in [1.807, 2.05) is 0 Å². The van der Waals surface area contributed by atoms with Crippen molar-refractivity contribution in [3.05, 3.63) is 96.6 Å². The Bertz CT molecular complexity index is 911. The second-order valence-corrected chi connectivity index (χ2v) is 6.66. The first-order valence-electron chi connectivity index (χ1n) is 8.94. The standard InChI is InChI=1S/C24H21B/c25-24-16-14-23(15-17-24)22-12-10-21(11-13-22)20-8-6-19(7-9-20)18-4-2-1-3-5-18/h2,4-17H,1,3,25H2. The number of rotatable bonds is 3. The lowest BCUT2D eigenvalue weighted by Gasteiger charge is -2.09. The largest absolute Gasteiger partial charge is 0.139 e. The van der Waals surface area contributed by atoms with Crippen LogP contribution in [-0.2, 0) is 0 Å². The van der Waals surface area contributed by atoms with Crippen LogP contribution in [0.3, 0.4) is 0 Å². The molecule has 0 heterocycles. The Kier molecular flexibility index (Phi) is 4.39. The van der Waals surface area contributed by atoms with Crippen molar-refractivity contribution >= 4 is 18.9 Å². The van der Waals surface area contributed by atoms with Gasteiger partial charge in [0.15, 0.2) is 0 Å². The van der Waals surface area contributed by atoms with Crippen LogP contribution in [0.4, 0.5) is 0 Å². The van der Waals surface area contributed by atoms with E-state index < -0.39 is 0 Å². The molecule has 1 aliphatic rings. The zero-order chi connectivity index (χ0) is 17.1. The molecule has 0 saturated carbocycles. The van der Waals surface area contributed by atoms with Crippen molar-refractivity contribution < 1.29 is 0 Å². The molecular weight excluding hydrogens is 299 g/mol. The zero-order valence-electron chi connectivity index (χ0n) is 14.6. The van der Waals surface area contributed by atoms with E-state index in [0.29, 0.717) is 0 Å². The monoisotopic (exact) mass is 320 g/mol. The van der Waals surface area contributed by atoms with Gasteiger partial charge in [0.1, 0.15) is 7.85 Å². The van der Waals surface area contributed by atoms with Gasteiger partial charge in [-0.2, -0.15) is 0 Å². The molecule has 0 atom stereocenters. The minimum absolute atomic E-state index is 1.15. The van der Waals surface area contributed by atoms with Crippen molar-refractivity contribution in [1.29, 1.82) is 0 Å². The molecule has 0 radical (unpaired) electrons. The quantitative estimate of drug-likeness (QED) is 0.595. The summed E-state index contributed by atoms with van der Waals surface area (Å²) in [6.45, 7) is 0. The van der Waals surface area contributed by atoms with Gasteiger partial charge in [0, 0.05) is 0 Å². The smallest absolute Gasteiger partial charge is 0.0889 e. The highest BCUT2D eigenvalue weighted by Crippen LogP contribution is 2.27. The molecular formula is C24H21B. The van der Waals surface area contributed by atoms with Crippen LogP contribution in [0.15, 0.2) is 91.0 Å². The van der Waals surface area contributed by atoms with Crippen molar-refractivity contribution in [3.63, 3.8) is 0 Å². The van der Waals surface area contributed by atoms with Crippen LogP contribution in [0.5, 0.6) is 0 Å². The Morgan fingerprint density at radius 3 is 1.40 bits per heavy atom. The fourth-order valence-electron chi connectivity index (χ4n) is 3.28. The predicted octanol–water partition coefficient (Wildman–Crippen LogP) is 5.01.